The van der Waals surface area contributed by atoms with E-state index in [0.29, 0.717) is 11.3 Å². The van der Waals surface area contributed by atoms with E-state index in [2.05, 4.69) is 16.6 Å². The fraction of sp³-hybridized carbons (Fsp3) is 0.474. The average molecular weight is 401 g/mol. The minimum absolute atomic E-state index is 0.322. The van der Waals surface area contributed by atoms with Gasteiger partial charge in [-0.05, 0) is 32.9 Å². The summed E-state index contributed by atoms with van der Waals surface area (Å²) in [6, 6.07) is 6.42. The molecule has 0 fully saturated rings. The first kappa shape index (κ1) is 23.1. The lowest BCUT2D eigenvalue weighted by atomic mass is 9.94. The monoisotopic (exact) mass is 401 g/mol. The van der Waals surface area contributed by atoms with Crippen molar-refractivity contribution in [3.63, 3.8) is 0 Å². The molecule has 0 saturated carbocycles. The van der Waals surface area contributed by atoms with Gasteiger partial charge in [-0.2, -0.15) is 13.2 Å². The van der Waals surface area contributed by atoms with E-state index in [0.717, 1.165) is 7.11 Å². The van der Waals surface area contributed by atoms with Crippen LogP contribution in [0.4, 0.5) is 18.0 Å². The molecule has 0 saturated heterocycles. The summed E-state index contributed by atoms with van der Waals surface area (Å²) in [7, 11) is 2.17. The van der Waals surface area contributed by atoms with Crippen LogP contribution in [0.25, 0.3) is 0 Å². The molecule has 6 nitrogen and oxygen atoms in total. The predicted octanol–water partition coefficient (Wildman–Crippen LogP) is 3.44. The minimum atomic E-state index is -5.19. The highest BCUT2D eigenvalue weighted by Crippen LogP contribution is 2.35. The summed E-state index contributed by atoms with van der Waals surface area (Å²) in [6.07, 6.45) is -7.69. The van der Waals surface area contributed by atoms with Gasteiger partial charge in [0.25, 0.3) is 0 Å². The Labute approximate surface area is 161 Å². The van der Waals surface area contributed by atoms with Crippen LogP contribution in [0.2, 0.25) is 0 Å². The van der Waals surface area contributed by atoms with Gasteiger partial charge in [0.15, 0.2) is 0 Å². The Bertz CT molecular complexity index is 774. The van der Waals surface area contributed by atoms with Gasteiger partial charge in [-0.15, -0.1) is 0 Å². The highest BCUT2D eigenvalue weighted by molar-refractivity contribution is 5.87. The number of carbonyl (C=O) groups is 2. The first-order valence-electron chi connectivity index (χ1n) is 8.14. The molecule has 1 N–H and O–H groups in total. The Balaban J connectivity index is 3.30. The van der Waals surface area contributed by atoms with Crippen molar-refractivity contribution in [3.05, 3.63) is 29.8 Å². The topological polar surface area (TPSA) is 73.9 Å². The molecule has 1 aromatic rings. The second-order valence-electron chi connectivity index (χ2n) is 6.70. The second kappa shape index (κ2) is 8.87. The van der Waals surface area contributed by atoms with E-state index in [1.54, 1.807) is 29.6 Å². The van der Waals surface area contributed by atoms with Crippen LogP contribution in [-0.2, 0) is 14.3 Å². The van der Waals surface area contributed by atoms with Gasteiger partial charge in [0.2, 0.25) is 5.54 Å². The zero-order chi connectivity index (χ0) is 21.6. The van der Waals surface area contributed by atoms with Crippen LogP contribution in [-0.4, -0.2) is 43.6 Å². The number of carbonyl (C=O) groups excluding carboxylic acids is 2. The zero-order valence-corrected chi connectivity index (χ0v) is 16.2. The minimum Gasteiger partial charge on any atom is -0.495 e. The molecule has 0 spiro atoms. The normalized spacial score (nSPS) is 13.4. The van der Waals surface area contributed by atoms with E-state index >= 15 is 0 Å². The Morgan fingerprint density at radius 1 is 1.11 bits per heavy atom. The van der Waals surface area contributed by atoms with Crippen LogP contribution in [0.1, 0.15) is 32.8 Å². The Kier molecular flexibility index (Phi) is 7.33. The van der Waals surface area contributed by atoms with Gasteiger partial charge in [-0.25, -0.2) is 9.59 Å². The third-order valence-electron chi connectivity index (χ3n) is 3.42. The number of ether oxygens (including phenoxy) is 3. The van der Waals surface area contributed by atoms with Crippen molar-refractivity contribution in [2.75, 3.05) is 14.2 Å². The van der Waals surface area contributed by atoms with E-state index < -0.39 is 35.8 Å². The number of esters is 1. The largest absolute Gasteiger partial charge is 0.495 e. The van der Waals surface area contributed by atoms with Crippen molar-refractivity contribution < 1.29 is 37.0 Å². The molecule has 0 bridgehead atoms. The summed E-state index contributed by atoms with van der Waals surface area (Å²) in [4.78, 5) is 24.0. The maximum absolute atomic E-state index is 13.8. The van der Waals surface area contributed by atoms with Gasteiger partial charge in [-0.1, -0.05) is 24.0 Å². The van der Waals surface area contributed by atoms with E-state index in [1.165, 1.54) is 27.9 Å². The van der Waals surface area contributed by atoms with Crippen LogP contribution < -0.4 is 10.1 Å². The summed E-state index contributed by atoms with van der Waals surface area (Å²) in [6.45, 7) is 4.42. The van der Waals surface area contributed by atoms with Crippen molar-refractivity contribution in [3.8, 4) is 17.6 Å². The number of para-hydroxylation sites is 1. The first-order chi connectivity index (χ1) is 12.9. The van der Waals surface area contributed by atoms with E-state index in [9.17, 15) is 22.8 Å². The molecule has 9 heteroatoms. The molecular weight excluding hydrogens is 379 g/mol. The molecule has 0 aliphatic heterocycles. The quantitative estimate of drug-likeness (QED) is 0.618. The van der Waals surface area contributed by atoms with Crippen molar-refractivity contribution in [1.29, 1.82) is 0 Å². The van der Waals surface area contributed by atoms with Crippen molar-refractivity contribution in [1.82, 2.24) is 5.32 Å². The van der Waals surface area contributed by atoms with Gasteiger partial charge < -0.3 is 14.2 Å². The number of halogens is 3. The maximum atomic E-state index is 13.8. The van der Waals surface area contributed by atoms with Gasteiger partial charge in [-0.3, -0.25) is 5.32 Å². The van der Waals surface area contributed by atoms with Crippen LogP contribution in [0, 0.1) is 11.8 Å². The van der Waals surface area contributed by atoms with E-state index in [4.69, 9.17) is 9.47 Å². The van der Waals surface area contributed by atoms with Gasteiger partial charge in [0.1, 0.15) is 11.4 Å². The Morgan fingerprint density at radius 3 is 2.21 bits per heavy atom. The lowest BCUT2D eigenvalue weighted by Crippen LogP contribution is -2.64. The number of alkyl carbamates (subject to hydrolysis) is 1. The SMILES string of the molecule is COC(=O)C(CC#Cc1ccccc1OC)(NC(=O)OC(C)(C)C)C(F)(F)F. The molecule has 1 atom stereocenters. The molecule has 0 aliphatic carbocycles. The number of hydrogen-bond donors (Lipinski definition) is 1. The van der Waals surface area contributed by atoms with E-state index in [1.807, 2.05) is 0 Å². The fourth-order valence-corrected chi connectivity index (χ4v) is 2.13. The third kappa shape index (κ3) is 5.81. The number of methoxy groups -OCH3 is 2. The lowest BCUT2D eigenvalue weighted by Gasteiger charge is -2.33. The summed E-state index contributed by atoms with van der Waals surface area (Å²) in [5.41, 5.74) is -4.14. The van der Waals surface area contributed by atoms with Crippen LogP contribution in [0.15, 0.2) is 24.3 Å². The van der Waals surface area contributed by atoms with Crippen LogP contribution in [0.3, 0.4) is 0 Å². The third-order valence-corrected chi connectivity index (χ3v) is 3.42. The molecule has 0 radical (unpaired) electrons. The lowest BCUT2D eigenvalue weighted by molar-refractivity contribution is -0.209. The van der Waals surface area contributed by atoms with Crippen molar-refractivity contribution in [2.45, 2.75) is 44.5 Å². The molecule has 1 unspecified atom stereocenters. The summed E-state index contributed by atoms with van der Waals surface area (Å²) >= 11 is 0. The summed E-state index contributed by atoms with van der Waals surface area (Å²) in [5.74, 6) is 3.45. The fourth-order valence-electron chi connectivity index (χ4n) is 2.13. The van der Waals surface area contributed by atoms with Crippen LogP contribution in [0.5, 0.6) is 5.75 Å². The number of alkyl halides is 3. The summed E-state index contributed by atoms with van der Waals surface area (Å²) < 4.78 is 55.7. The molecule has 1 aromatic carbocycles. The molecule has 154 valence electrons. The smallest absolute Gasteiger partial charge is 0.423 e. The average Bonchev–Trinajstić information content (AvgIpc) is 2.57. The number of benzene rings is 1. The molecule has 28 heavy (non-hydrogen) atoms. The number of nitrogens with one attached hydrogen (secondary N) is 1. The molecule has 0 aromatic heterocycles. The van der Waals surface area contributed by atoms with Gasteiger partial charge in [0.05, 0.1) is 26.2 Å². The first-order valence-corrected chi connectivity index (χ1v) is 8.14. The maximum Gasteiger partial charge on any atom is 0.423 e. The summed E-state index contributed by atoms with van der Waals surface area (Å²) in [5, 5.41) is 1.60. The predicted molar refractivity (Wildman–Crippen MR) is 94.7 cm³/mol. The molecular formula is C19H22F3NO5. The second-order valence-corrected chi connectivity index (χ2v) is 6.70. The number of amides is 1. The van der Waals surface area contributed by atoms with Gasteiger partial charge >= 0.3 is 18.2 Å². The Hall–Kier alpha value is -2.89. The number of rotatable bonds is 4. The molecule has 1 amide bonds. The molecule has 0 aliphatic rings. The Morgan fingerprint density at radius 2 is 1.71 bits per heavy atom. The standard InChI is InChI=1S/C19H22F3NO5/c1-17(2,3)28-16(25)23-18(15(24)27-5,19(20,21)22)12-8-10-13-9-6-7-11-14(13)26-4/h6-7,9,11H,12H2,1-5H3,(H,23,25). The highest BCUT2D eigenvalue weighted by Gasteiger charge is 2.62. The molecule has 0 heterocycles. The zero-order valence-electron chi connectivity index (χ0n) is 16.2. The van der Waals surface area contributed by atoms with E-state index in [-0.39, 0.29) is 0 Å². The van der Waals surface area contributed by atoms with Crippen molar-refractivity contribution in [2.24, 2.45) is 0 Å². The van der Waals surface area contributed by atoms with Gasteiger partial charge in [0, 0.05) is 0 Å². The molecule has 1 rings (SSSR count). The number of hydrogen-bond acceptors (Lipinski definition) is 5. The highest BCUT2D eigenvalue weighted by atomic mass is 19.4. The van der Waals surface area contributed by atoms with Crippen LogP contribution >= 0.6 is 0 Å². The van der Waals surface area contributed by atoms with Crippen molar-refractivity contribution >= 4 is 12.1 Å².